The molecule has 0 aliphatic rings. The van der Waals surface area contributed by atoms with Crippen LogP contribution >= 0.6 is 46.0 Å². The number of thiophene rings is 1. The van der Waals surface area contributed by atoms with Crippen LogP contribution in [0.2, 0.25) is 5.02 Å². The molecule has 0 radical (unpaired) electrons. The molecule has 6 nitrogen and oxygen atoms in total. The van der Waals surface area contributed by atoms with Gasteiger partial charge in [-0.3, -0.25) is 4.79 Å². The molecule has 1 N–H and O–H groups in total. The van der Waals surface area contributed by atoms with E-state index >= 15 is 0 Å². The van der Waals surface area contributed by atoms with Crippen molar-refractivity contribution in [1.82, 2.24) is 15.0 Å². The standard InChI is InChI=1S/C19H16ClN3O3S3/c1-4-26-18(25)14-8(2)13-16(24)22-15(23-17(13)29-14)9(3)27-19-21-11-7-10(20)5-6-12(11)28-19/h5-7,9H,4H2,1-3H3,(H,22,23,24). The van der Waals surface area contributed by atoms with Crippen molar-refractivity contribution in [3.8, 4) is 0 Å². The maximum atomic E-state index is 12.7. The van der Waals surface area contributed by atoms with Gasteiger partial charge in [0.1, 0.15) is 15.5 Å². The van der Waals surface area contributed by atoms with Crippen molar-refractivity contribution in [2.45, 2.75) is 30.4 Å². The van der Waals surface area contributed by atoms with Crippen LogP contribution in [-0.2, 0) is 4.74 Å². The summed E-state index contributed by atoms with van der Waals surface area (Å²) < 4.78 is 7.00. The molecule has 0 aliphatic heterocycles. The van der Waals surface area contributed by atoms with Gasteiger partial charge in [0, 0.05) is 5.02 Å². The van der Waals surface area contributed by atoms with Crippen molar-refractivity contribution < 1.29 is 9.53 Å². The summed E-state index contributed by atoms with van der Waals surface area (Å²) in [4.78, 5) is 37.8. The van der Waals surface area contributed by atoms with Gasteiger partial charge in [-0.25, -0.2) is 14.8 Å². The number of halogens is 1. The Labute approximate surface area is 183 Å². The van der Waals surface area contributed by atoms with Crippen LogP contribution in [0, 0.1) is 6.92 Å². The maximum absolute atomic E-state index is 12.7. The van der Waals surface area contributed by atoms with Crippen LogP contribution in [0.5, 0.6) is 0 Å². The summed E-state index contributed by atoms with van der Waals surface area (Å²) in [7, 11) is 0. The van der Waals surface area contributed by atoms with E-state index in [0.717, 1.165) is 14.6 Å². The minimum atomic E-state index is -0.426. The molecule has 150 valence electrons. The number of aromatic nitrogens is 3. The Morgan fingerprint density at radius 1 is 1.34 bits per heavy atom. The van der Waals surface area contributed by atoms with E-state index in [-0.39, 0.29) is 17.4 Å². The average molecular weight is 466 g/mol. The Hall–Kier alpha value is -1.94. The van der Waals surface area contributed by atoms with Gasteiger partial charge in [0.25, 0.3) is 5.56 Å². The fourth-order valence-electron chi connectivity index (χ4n) is 2.88. The van der Waals surface area contributed by atoms with E-state index in [2.05, 4.69) is 15.0 Å². The monoisotopic (exact) mass is 465 g/mol. The number of hydrogen-bond acceptors (Lipinski definition) is 8. The first-order chi connectivity index (χ1) is 13.9. The first kappa shape index (κ1) is 20.3. The Kier molecular flexibility index (Phi) is 5.65. The highest BCUT2D eigenvalue weighted by atomic mass is 35.5. The Balaban J connectivity index is 1.67. The molecule has 0 fully saturated rings. The highest BCUT2D eigenvalue weighted by molar-refractivity contribution is 8.01. The number of benzene rings is 1. The number of nitrogens with one attached hydrogen (secondary N) is 1. The zero-order valence-corrected chi connectivity index (χ0v) is 18.9. The third-order valence-corrected chi connectivity index (χ3v) is 7.91. The van der Waals surface area contributed by atoms with Gasteiger partial charge in [-0.05, 0) is 44.5 Å². The second-order valence-corrected chi connectivity index (χ2v) is 10.3. The predicted molar refractivity (Wildman–Crippen MR) is 120 cm³/mol. The van der Waals surface area contributed by atoms with Crippen LogP contribution < -0.4 is 5.56 Å². The number of ether oxygens (including phenoxy) is 1. The average Bonchev–Trinajstić information content (AvgIpc) is 3.22. The van der Waals surface area contributed by atoms with E-state index < -0.39 is 5.97 Å². The highest BCUT2D eigenvalue weighted by Crippen LogP contribution is 2.39. The molecule has 0 saturated heterocycles. The van der Waals surface area contributed by atoms with Crippen LogP contribution in [0.25, 0.3) is 20.4 Å². The number of carbonyl (C=O) groups excluding carboxylic acids is 1. The van der Waals surface area contributed by atoms with Crippen molar-refractivity contribution in [2.75, 3.05) is 6.61 Å². The first-order valence-corrected chi connectivity index (χ1v) is 11.7. The first-order valence-electron chi connectivity index (χ1n) is 8.80. The van der Waals surface area contributed by atoms with E-state index in [0.29, 0.717) is 31.5 Å². The second-order valence-electron chi connectivity index (χ2n) is 6.26. The summed E-state index contributed by atoms with van der Waals surface area (Å²) in [5, 5.41) is 0.958. The number of esters is 1. The molecule has 1 aromatic carbocycles. The van der Waals surface area contributed by atoms with Gasteiger partial charge in [-0.1, -0.05) is 23.4 Å². The SMILES string of the molecule is CCOC(=O)c1sc2nc(C(C)Sc3nc4cc(Cl)ccc4s3)[nH]c(=O)c2c1C. The van der Waals surface area contributed by atoms with Gasteiger partial charge in [-0.15, -0.1) is 22.7 Å². The van der Waals surface area contributed by atoms with Crippen molar-refractivity contribution >= 4 is 72.4 Å². The molecule has 4 rings (SSSR count). The number of thiazole rings is 1. The van der Waals surface area contributed by atoms with Crippen molar-refractivity contribution in [1.29, 1.82) is 0 Å². The molecule has 1 unspecified atom stereocenters. The van der Waals surface area contributed by atoms with Crippen LogP contribution in [0.15, 0.2) is 27.3 Å². The summed E-state index contributed by atoms with van der Waals surface area (Å²) in [6, 6.07) is 5.62. The quantitative estimate of drug-likeness (QED) is 0.305. The van der Waals surface area contributed by atoms with Crippen molar-refractivity contribution in [3.63, 3.8) is 0 Å². The number of aromatic amines is 1. The molecule has 0 aliphatic carbocycles. The third kappa shape index (κ3) is 3.92. The fraction of sp³-hybridized carbons (Fsp3) is 0.263. The van der Waals surface area contributed by atoms with Crippen LogP contribution in [0.4, 0.5) is 0 Å². The zero-order valence-electron chi connectivity index (χ0n) is 15.7. The molecule has 29 heavy (non-hydrogen) atoms. The number of carbonyl (C=O) groups is 1. The Morgan fingerprint density at radius 2 is 2.14 bits per heavy atom. The van der Waals surface area contributed by atoms with Crippen molar-refractivity contribution in [3.05, 3.63) is 49.8 Å². The van der Waals surface area contributed by atoms with E-state index in [1.807, 2.05) is 25.1 Å². The third-order valence-electron chi connectivity index (χ3n) is 4.27. The molecule has 4 aromatic rings. The molecular weight excluding hydrogens is 450 g/mol. The molecule has 0 spiro atoms. The zero-order chi connectivity index (χ0) is 20.7. The summed E-state index contributed by atoms with van der Waals surface area (Å²) in [6.45, 7) is 5.73. The molecular formula is C19H16ClN3O3S3. The van der Waals surface area contributed by atoms with Crippen molar-refractivity contribution in [2.24, 2.45) is 0 Å². The van der Waals surface area contributed by atoms with E-state index in [4.69, 9.17) is 16.3 Å². The lowest BCUT2D eigenvalue weighted by Crippen LogP contribution is -2.12. The molecule has 10 heteroatoms. The fourth-order valence-corrected chi connectivity index (χ4v) is 6.38. The van der Waals surface area contributed by atoms with Crippen LogP contribution in [-0.4, -0.2) is 27.5 Å². The second kappa shape index (κ2) is 8.06. The smallest absolute Gasteiger partial charge is 0.348 e. The number of hydrogen-bond donors (Lipinski definition) is 1. The summed E-state index contributed by atoms with van der Waals surface area (Å²) in [6.07, 6.45) is 0. The molecule has 1 atom stereocenters. The molecule has 0 saturated carbocycles. The number of thioether (sulfide) groups is 1. The van der Waals surface area contributed by atoms with Gasteiger partial charge in [0.2, 0.25) is 0 Å². The lowest BCUT2D eigenvalue weighted by Gasteiger charge is -2.08. The number of rotatable bonds is 5. The highest BCUT2D eigenvalue weighted by Gasteiger charge is 2.22. The van der Waals surface area contributed by atoms with Gasteiger partial charge in [-0.2, -0.15) is 0 Å². The van der Waals surface area contributed by atoms with E-state index in [1.54, 1.807) is 25.2 Å². The summed E-state index contributed by atoms with van der Waals surface area (Å²) in [5.41, 5.74) is 1.20. The summed E-state index contributed by atoms with van der Waals surface area (Å²) >= 11 is 10.3. The van der Waals surface area contributed by atoms with Gasteiger partial charge >= 0.3 is 5.97 Å². The largest absolute Gasteiger partial charge is 0.462 e. The number of nitrogens with zero attached hydrogens (tertiary/aromatic N) is 2. The Morgan fingerprint density at radius 3 is 2.90 bits per heavy atom. The topological polar surface area (TPSA) is 84.9 Å². The summed E-state index contributed by atoms with van der Waals surface area (Å²) in [5.74, 6) is 0.117. The molecule has 0 bridgehead atoms. The van der Waals surface area contributed by atoms with E-state index in [9.17, 15) is 9.59 Å². The van der Waals surface area contributed by atoms with Gasteiger partial charge < -0.3 is 9.72 Å². The number of aryl methyl sites for hydroxylation is 1. The molecule has 0 amide bonds. The molecule has 3 aromatic heterocycles. The lowest BCUT2D eigenvalue weighted by molar-refractivity contribution is 0.0531. The minimum Gasteiger partial charge on any atom is -0.462 e. The van der Waals surface area contributed by atoms with Gasteiger partial charge in [0.05, 0.1) is 27.5 Å². The lowest BCUT2D eigenvalue weighted by atomic mass is 10.2. The number of H-pyrrole nitrogens is 1. The molecule has 3 heterocycles. The number of fused-ring (bicyclic) bond motifs is 2. The van der Waals surface area contributed by atoms with E-state index in [1.165, 1.54) is 23.1 Å². The van der Waals surface area contributed by atoms with Gasteiger partial charge in [0.15, 0.2) is 4.34 Å². The Bertz CT molecular complexity index is 1290. The van der Waals surface area contributed by atoms with Crippen LogP contribution in [0.1, 0.15) is 40.2 Å². The normalized spacial score (nSPS) is 12.6. The maximum Gasteiger partial charge on any atom is 0.348 e. The minimum absolute atomic E-state index is 0.128. The van der Waals surface area contributed by atoms with Crippen LogP contribution in [0.3, 0.4) is 0 Å². The predicted octanol–water partition coefficient (Wildman–Crippen LogP) is 5.59.